The maximum absolute atomic E-state index is 5.64. The summed E-state index contributed by atoms with van der Waals surface area (Å²) in [5, 5.41) is 3.42. The van der Waals surface area contributed by atoms with Crippen LogP contribution in [0, 0.1) is 5.92 Å². The zero-order valence-corrected chi connectivity index (χ0v) is 11.6. The number of nitrogens with two attached hydrogens (primary N) is 1. The number of hydrogen-bond acceptors (Lipinski definition) is 3. The molecule has 0 amide bonds. The first kappa shape index (κ1) is 13.9. The predicted molar refractivity (Wildman–Crippen MR) is 77.3 cm³/mol. The maximum Gasteiger partial charge on any atom is 0.124 e. The molecule has 0 radical (unpaired) electrons. The number of thiocarbonyl (C=S) groups is 1. The molecule has 0 saturated carbocycles. The van der Waals surface area contributed by atoms with E-state index in [1.54, 1.807) is 6.20 Å². The number of nitrogens with zero attached hydrogens (tertiary/aromatic N) is 1. The van der Waals surface area contributed by atoms with Gasteiger partial charge in [0.05, 0.1) is 5.69 Å². The maximum atomic E-state index is 5.64. The average Bonchev–Trinajstić information content (AvgIpc) is 2.27. The molecule has 3 N–H and O–H groups in total. The van der Waals surface area contributed by atoms with E-state index in [0.717, 1.165) is 18.0 Å². The van der Waals surface area contributed by atoms with E-state index >= 15 is 0 Å². The normalized spacial score (nSPS) is 12.5. The molecule has 1 heterocycles. The number of anilines is 1. The van der Waals surface area contributed by atoms with E-state index < -0.39 is 0 Å². The van der Waals surface area contributed by atoms with Gasteiger partial charge in [-0.15, -0.1) is 0 Å². The zero-order valence-electron chi connectivity index (χ0n) is 10.7. The summed E-state index contributed by atoms with van der Waals surface area (Å²) < 4.78 is 0. The van der Waals surface area contributed by atoms with E-state index in [9.17, 15) is 0 Å². The van der Waals surface area contributed by atoms with Crippen molar-refractivity contribution in [1.82, 2.24) is 4.98 Å². The summed E-state index contributed by atoms with van der Waals surface area (Å²) in [4.78, 5) is 4.53. The highest BCUT2D eigenvalue weighted by Crippen LogP contribution is 2.16. The molecule has 0 aliphatic heterocycles. The van der Waals surface area contributed by atoms with Crippen molar-refractivity contribution in [3.05, 3.63) is 24.0 Å². The summed E-state index contributed by atoms with van der Waals surface area (Å²) in [6.45, 7) is 6.63. The van der Waals surface area contributed by atoms with Gasteiger partial charge in [0.1, 0.15) is 10.7 Å². The fourth-order valence-corrected chi connectivity index (χ4v) is 1.80. The Kier molecular flexibility index (Phi) is 5.35. The molecule has 4 heteroatoms. The second kappa shape index (κ2) is 6.55. The number of nitrogens with one attached hydrogen (secondary N) is 1. The molecular weight excluding hydrogens is 230 g/mol. The van der Waals surface area contributed by atoms with E-state index in [1.165, 1.54) is 6.42 Å². The third-order valence-corrected chi connectivity index (χ3v) is 2.81. The molecule has 0 aliphatic carbocycles. The van der Waals surface area contributed by atoms with Crippen LogP contribution in [0.5, 0.6) is 0 Å². The molecule has 0 spiro atoms. The first-order valence-electron chi connectivity index (χ1n) is 6.02. The first-order valence-corrected chi connectivity index (χ1v) is 6.43. The van der Waals surface area contributed by atoms with Gasteiger partial charge in [0.15, 0.2) is 0 Å². The molecule has 1 aromatic rings. The van der Waals surface area contributed by atoms with E-state index in [4.69, 9.17) is 18.0 Å². The van der Waals surface area contributed by atoms with Crippen molar-refractivity contribution in [3.8, 4) is 0 Å². The lowest BCUT2D eigenvalue weighted by molar-refractivity contribution is 0.527. The predicted octanol–water partition coefficient (Wildman–Crippen LogP) is 2.95. The van der Waals surface area contributed by atoms with Crippen molar-refractivity contribution in [1.29, 1.82) is 0 Å². The molecule has 94 valence electrons. The van der Waals surface area contributed by atoms with E-state index in [-0.39, 0.29) is 0 Å². The monoisotopic (exact) mass is 251 g/mol. The van der Waals surface area contributed by atoms with Crippen LogP contribution in [0.2, 0.25) is 0 Å². The van der Waals surface area contributed by atoms with Crippen molar-refractivity contribution >= 4 is 22.9 Å². The summed E-state index contributed by atoms with van der Waals surface area (Å²) in [5.41, 5.74) is 7.25. The Hall–Kier alpha value is -1.16. The second-order valence-corrected chi connectivity index (χ2v) is 5.22. The zero-order chi connectivity index (χ0) is 12.8. The minimum atomic E-state index is 0.337. The van der Waals surface area contributed by atoms with Gasteiger partial charge in [-0.25, -0.2) is 0 Å². The van der Waals surface area contributed by atoms with Gasteiger partial charge in [-0.05, 0) is 37.8 Å². The Morgan fingerprint density at radius 1 is 1.41 bits per heavy atom. The quantitative estimate of drug-likeness (QED) is 0.763. The van der Waals surface area contributed by atoms with Gasteiger partial charge in [-0.1, -0.05) is 26.1 Å². The van der Waals surface area contributed by atoms with Crippen LogP contribution in [0.3, 0.4) is 0 Å². The highest BCUT2D eigenvalue weighted by atomic mass is 32.1. The highest BCUT2D eigenvalue weighted by Gasteiger charge is 2.09. The minimum absolute atomic E-state index is 0.337. The summed E-state index contributed by atoms with van der Waals surface area (Å²) >= 11 is 4.98. The molecule has 0 aliphatic rings. The van der Waals surface area contributed by atoms with E-state index in [0.29, 0.717) is 16.7 Å². The third-order valence-electron chi connectivity index (χ3n) is 2.62. The molecule has 1 atom stereocenters. The SMILES string of the molecule is CC(C)CCC(C)Nc1cccnc1C(N)=S. The fraction of sp³-hybridized carbons (Fsp3) is 0.538. The van der Waals surface area contributed by atoms with Crippen LogP contribution in [-0.2, 0) is 0 Å². The summed E-state index contributed by atoms with van der Waals surface area (Å²) in [6, 6.07) is 4.25. The van der Waals surface area contributed by atoms with Crippen LogP contribution in [0.15, 0.2) is 18.3 Å². The summed E-state index contributed by atoms with van der Waals surface area (Å²) in [7, 11) is 0. The van der Waals surface area contributed by atoms with Gasteiger partial charge in [0, 0.05) is 12.2 Å². The molecule has 0 fully saturated rings. The minimum Gasteiger partial charge on any atom is -0.388 e. The molecular formula is C13H21N3S. The molecule has 0 bridgehead atoms. The summed E-state index contributed by atoms with van der Waals surface area (Å²) in [5.74, 6) is 0.725. The molecule has 17 heavy (non-hydrogen) atoms. The van der Waals surface area contributed by atoms with Crippen molar-refractivity contribution in [2.45, 2.75) is 39.7 Å². The Bertz CT molecular complexity index is 377. The van der Waals surface area contributed by atoms with Crippen LogP contribution >= 0.6 is 12.2 Å². The van der Waals surface area contributed by atoms with Crippen LogP contribution in [0.25, 0.3) is 0 Å². The van der Waals surface area contributed by atoms with Crippen LogP contribution in [0.4, 0.5) is 5.69 Å². The Labute approximate surface area is 109 Å². The lowest BCUT2D eigenvalue weighted by Gasteiger charge is -2.17. The van der Waals surface area contributed by atoms with Crippen LogP contribution in [-0.4, -0.2) is 16.0 Å². The lowest BCUT2D eigenvalue weighted by atomic mass is 10.0. The highest BCUT2D eigenvalue weighted by molar-refractivity contribution is 7.80. The topological polar surface area (TPSA) is 50.9 Å². The molecule has 0 saturated heterocycles. The third kappa shape index (κ3) is 4.69. The average molecular weight is 251 g/mol. The smallest absolute Gasteiger partial charge is 0.124 e. The van der Waals surface area contributed by atoms with Gasteiger partial charge in [-0.3, -0.25) is 4.98 Å². The van der Waals surface area contributed by atoms with Gasteiger partial charge < -0.3 is 11.1 Å². The van der Waals surface area contributed by atoms with Crippen molar-refractivity contribution in [2.75, 3.05) is 5.32 Å². The lowest BCUT2D eigenvalue weighted by Crippen LogP contribution is -2.20. The second-order valence-electron chi connectivity index (χ2n) is 4.78. The fourth-order valence-electron chi connectivity index (χ4n) is 1.64. The van der Waals surface area contributed by atoms with Gasteiger partial charge >= 0.3 is 0 Å². The molecule has 1 unspecified atom stereocenters. The Balaban J connectivity index is 2.64. The van der Waals surface area contributed by atoms with Crippen molar-refractivity contribution in [2.24, 2.45) is 11.7 Å². The van der Waals surface area contributed by atoms with E-state index in [2.05, 4.69) is 31.1 Å². The van der Waals surface area contributed by atoms with Gasteiger partial charge in [-0.2, -0.15) is 0 Å². The van der Waals surface area contributed by atoms with Crippen LogP contribution in [0.1, 0.15) is 39.3 Å². The molecule has 0 aromatic carbocycles. The first-order chi connectivity index (χ1) is 8.00. The Morgan fingerprint density at radius 3 is 2.71 bits per heavy atom. The molecule has 1 aromatic heterocycles. The number of hydrogen-bond donors (Lipinski definition) is 2. The summed E-state index contributed by atoms with van der Waals surface area (Å²) in [6.07, 6.45) is 4.04. The van der Waals surface area contributed by atoms with Gasteiger partial charge in [0.2, 0.25) is 0 Å². The molecule has 3 nitrogen and oxygen atoms in total. The number of aromatic nitrogens is 1. The Morgan fingerprint density at radius 2 is 2.12 bits per heavy atom. The van der Waals surface area contributed by atoms with Crippen molar-refractivity contribution < 1.29 is 0 Å². The largest absolute Gasteiger partial charge is 0.388 e. The van der Waals surface area contributed by atoms with Crippen molar-refractivity contribution in [3.63, 3.8) is 0 Å². The molecule has 1 rings (SSSR count). The number of rotatable bonds is 6. The van der Waals surface area contributed by atoms with Crippen LogP contribution < -0.4 is 11.1 Å². The van der Waals surface area contributed by atoms with E-state index in [1.807, 2.05) is 12.1 Å². The number of pyridine rings is 1. The van der Waals surface area contributed by atoms with Gasteiger partial charge in [0.25, 0.3) is 0 Å². The standard InChI is InChI=1S/C13H21N3S/c1-9(2)6-7-10(3)16-11-5-4-8-15-12(11)13(14)17/h4-5,8-10,16H,6-7H2,1-3H3,(H2,14,17).